The molecule has 124 valence electrons. The number of carbonyl (C=O) groups is 3. The van der Waals surface area contributed by atoms with Gasteiger partial charge in [0.2, 0.25) is 11.8 Å². The van der Waals surface area contributed by atoms with Crippen molar-refractivity contribution in [3.8, 4) is 0 Å². The van der Waals surface area contributed by atoms with Gasteiger partial charge in [0, 0.05) is 23.9 Å². The molecular weight excluding hydrogens is 328 g/mol. The van der Waals surface area contributed by atoms with Crippen molar-refractivity contribution in [2.24, 2.45) is 0 Å². The number of carbonyl (C=O) groups excluding carboxylic acids is 3. The summed E-state index contributed by atoms with van der Waals surface area (Å²) in [5.41, 5.74) is 5.75. The fourth-order valence-corrected chi connectivity index (χ4v) is 3.22. The highest BCUT2D eigenvalue weighted by molar-refractivity contribution is 7.14. The molecule has 3 rings (SSSR count). The molecule has 0 radical (unpaired) electrons. The Morgan fingerprint density at radius 3 is 2.71 bits per heavy atom. The number of anilines is 1. The number of rotatable bonds is 4. The summed E-state index contributed by atoms with van der Waals surface area (Å²) in [5, 5.41) is 2.37. The van der Waals surface area contributed by atoms with Crippen molar-refractivity contribution in [2.45, 2.75) is 19.3 Å². The molecule has 24 heavy (non-hydrogen) atoms. The van der Waals surface area contributed by atoms with Crippen molar-refractivity contribution in [3.05, 3.63) is 47.0 Å². The monoisotopic (exact) mass is 344 g/mol. The molecule has 7 nitrogen and oxygen atoms in total. The van der Waals surface area contributed by atoms with Crippen LogP contribution in [0.3, 0.4) is 0 Å². The maximum absolute atomic E-state index is 11.9. The average Bonchev–Trinajstić information content (AvgIpc) is 3.22. The Bertz CT molecular complexity index is 760. The number of nitrogens with one attached hydrogen (secondary N) is 2. The summed E-state index contributed by atoms with van der Waals surface area (Å²) in [6.07, 6.45) is 1.41. The third-order valence-corrected chi connectivity index (χ3v) is 4.45. The van der Waals surface area contributed by atoms with Gasteiger partial charge < -0.3 is 0 Å². The van der Waals surface area contributed by atoms with Crippen LogP contribution in [0.25, 0.3) is 0 Å². The number of nitrogens with zero attached hydrogens (tertiary/aromatic N) is 2. The Morgan fingerprint density at radius 2 is 2.00 bits per heavy atom. The van der Waals surface area contributed by atoms with E-state index in [-0.39, 0.29) is 24.1 Å². The van der Waals surface area contributed by atoms with Gasteiger partial charge in [0.15, 0.2) is 5.13 Å². The van der Waals surface area contributed by atoms with Gasteiger partial charge in [-0.15, -0.1) is 11.3 Å². The van der Waals surface area contributed by atoms with Gasteiger partial charge in [-0.05, 0) is 18.6 Å². The predicted molar refractivity (Wildman–Crippen MR) is 89.5 cm³/mol. The summed E-state index contributed by atoms with van der Waals surface area (Å²) in [7, 11) is 0. The third kappa shape index (κ3) is 3.77. The first-order valence-corrected chi connectivity index (χ1v) is 8.40. The highest BCUT2D eigenvalue weighted by Crippen LogP contribution is 2.25. The lowest BCUT2D eigenvalue weighted by Crippen LogP contribution is -2.42. The van der Waals surface area contributed by atoms with E-state index >= 15 is 0 Å². The SMILES string of the molecule is O=C(Cc1csc(N2CCCC2=O)n1)NNC(=O)c1ccccc1. The van der Waals surface area contributed by atoms with Crippen molar-refractivity contribution in [1.82, 2.24) is 15.8 Å². The van der Waals surface area contributed by atoms with E-state index in [2.05, 4.69) is 15.8 Å². The normalized spacial score (nSPS) is 13.8. The molecule has 1 aromatic carbocycles. The summed E-state index contributed by atoms with van der Waals surface area (Å²) in [6, 6.07) is 8.60. The number of benzene rings is 1. The number of amides is 3. The molecule has 0 aliphatic carbocycles. The van der Waals surface area contributed by atoms with Crippen LogP contribution in [-0.2, 0) is 16.0 Å². The standard InChI is InChI=1S/C16H16N4O3S/c21-13(18-19-15(23)11-5-2-1-3-6-11)9-12-10-24-16(17-12)20-8-4-7-14(20)22/h1-3,5-6,10H,4,7-9H2,(H,18,21)(H,19,23). The van der Waals surface area contributed by atoms with E-state index in [0.29, 0.717) is 29.4 Å². The first-order chi connectivity index (χ1) is 11.6. The van der Waals surface area contributed by atoms with Crippen LogP contribution in [-0.4, -0.2) is 29.3 Å². The van der Waals surface area contributed by atoms with Crippen molar-refractivity contribution >= 4 is 34.2 Å². The maximum Gasteiger partial charge on any atom is 0.269 e. The van der Waals surface area contributed by atoms with Gasteiger partial charge in [-0.2, -0.15) is 0 Å². The van der Waals surface area contributed by atoms with Gasteiger partial charge >= 0.3 is 0 Å². The lowest BCUT2D eigenvalue weighted by molar-refractivity contribution is -0.121. The zero-order valence-corrected chi connectivity index (χ0v) is 13.6. The Morgan fingerprint density at radius 1 is 1.21 bits per heavy atom. The lowest BCUT2D eigenvalue weighted by atomic mass is 10.2. The van der Waals surface area contributed by atoms with Crippen LogP contribution in [0.1, 0.15) is 28.9 Å². The molecule has 8 heteroatoms. The van der Waals surface area contributed by atoms with E-state index in [9.17, 15) is 14.4 Å². The summed E-state index contributed by atoms with van der Waals surface area (Å²) < 4.78 is 0. The van der Waals surface area contributed by atoms with E-state index in [1.54, 1.807) is 40.6 Å². The van der Waals surface area contributed by atoms with Gasteiger partial charge in [-0.3, -0.25) is 30.1 Å². The molecule has 0 spiro atoms. The van der Waals surface area contributed by atoms with Crippen LogP contribution in [0.5, 0.6) is 0 Å². The summed E-state index contributed by atoms with van der Waals surface area (Å²) in [4.78, 5) is 41.4. The fourth-order valence-electron chi connectivity index (χ4n) is 2.35. The Balaban J connectivity index is 1.51. The van der Waals surface area contributed by atoms with Gasteiger partial charge in [0.05, 0.1) is 12.1 Å². The van der Waals surface area contributed by atoms with E-state index in [1.165, 1.54) is 11.3 Å². The third-order valence-electron chi connectivity index (χ3n) is 3.54. The second kappa shape index (κ2) is 7.22. The molecular formula is C16H16N4O3S. The first kappa shape index (κ1) is 16.1. The first-order valence-electron chi connectivity index (χ1n) is 7.52. The van der Waals surface area contributed by atoms with Crippen LogP contribution in [0, 0.1) is 0 Å². The number of hydrogen-bond acceptors (Lipinski definition) is 5. The van der Waals surface area contributed by atoms with Crippen LogP contribution < -0.4 is 15.8 Å². The van der Waals surface area contributed by atoms with Crippen molar-refractivity contribution in [1.29, 1.82) is 0 Å². The molecule has 1 aromatic heterocycles. The lowest BCUT2D eigenvalue weighted by Gasteiger charge is -2.10. The van der Waals surface area contributed by atoms with Gasteiger partial charge in [-0.1, -0.05) is 18.2 Å². The Hall–Kier alpha value is -2.74. The fraction of sp³-hybridized carbons (Fsp3) is 0.250. The van der Waals surface area contributed by atoms with Crippen LogP contribution in [0.2, 0.25) is 0 Å². The molecule has 0 atom stereocenters. The molecule has 1 saturated heterocycles. The summed E-state index contributed by atoms with van der Waals surface area (Å²) in [6.45, 7) is 0.672. The van der Waals surface area contributed by atoms with E-state index in [4.69, 9.17) is 0 Å². The van der Waals surface area contributed by atoms with Crippen molar-refractivity contribution in [2.75, 3.05) is 11.4 Å². The quantitative estimate of drug-likeness (QED) is 0.817. The number of hydrogen-bond donors (Lipinski definition) is 2. The molecule has 3 amide bonds. The summed E-state index contributed by atoms with van der Waals surface area (Å²) in [5.74, 6) is -0.690. The molecule has 2 heterocycles. The van der Waals surface area contributed by atoms with E-state index in [1.807, 2.05) is 0 Å². The molecule has 0 bridgehead atoms. The maximum atomic E-state index is 11.9. The molecule has 0 unspecified atom stereocenters. The van der Waals surface area contributed by atoms with E-state index < -0.39 is 0 Å². The second-order valence-corrected chi connectivity index (χ2v) is 6.15. The van der Waals surface area contributed by atoms with Crippen molar-refractivity contribution in [3.63, 3.8) is 0 Å². The van der Waals surface area contributed by atoms with Crippen LogP contribution in [0.4, 0.5) is 5.13 Å². The summed E-state index contributed by atoms with van der Waals surface area (Å²) >= 11 is 1.34. The zero-order valence-electron chi connectivity index (χ0n) is 12.8. The average molecular weight is 344 g/mol. The van der Waals surface area contributed by atoms with E-state index in [0.717, 1.165) is 6.42 Å². The molecule has 0 saturated carbocycles. The molecule has 2 aromatic rings. The Kier molecular flexibility index (Phi) is 4.85. The highest BCUT2D eigenvalue weighted by atomic mass is 32.1. The van der Waals surface area contributed by atoms with Crippen molar-refractivity contribution < 1.29 is 14.4 Å². The molecule has 2 N–H and O–H groups in total. The molecule has 1 aliphatic heterocycles. The largest absolute Gasteiger partial charge is 0.288 e. The Labute approximate surface area is 142 Å². The number of aromatic nitrogens is 1. The minimum Gasteiger partial charge on any atom is -0.288 e. The molecule has 1 fully saturated rings. The van der Waals surface area contributed by atoms with Crippen LogP contribution in [0.15, 0.2) is 35.7 Å². The zero-order chi connectivity index (χ0) is 16.9. The highest BCUT2D eigenvalue weighted by Gasteiger charge is 2.24. The van der Waals surface area contributed by atoms with Gasteiger partial charge in [-0.25, -0.2) is 4.98 Å². The topological polar surface area (TPSA) is 91.4 Å². The number of hydrazine groups is 1. The van der Waals surface area contributed by atoms with Gasteiger partial charge in [0.25, 0.3) is 5.91 Å². The van der Waals surface area contributed by atoms with Crippen LogP contribution >= 0.6 is 11.3 Å². The molecule has 1 aliphatic rings. The second-order valence-electron chi connectivity index (χ2n) is 5.32. The number of thiazole rings is 1. The minimum atomic E-state index is -0.384. The smallest absolute Gasteiger partial charge is 0.269 e. The van der Waals surface area contributed by atoms with Gasteiger partial charge in [0.1, 0.15) is 0 Å². The minimum absolute atomic E-state index is 0.0353. The predicted octanol–water partition coefficient (Wildman–Crippen LogP) is 1.27.